The Balaban J connectivity index is 1.40. The first kappa shape index (κ1) is 26.7. The predicted octanol–water partition coefficient (Wildman–Crippen LogP) is 4.17. The van der Waals surface area contributed by atoms with Crippen molar-refractivity contribution in [1.29, 1.82) is 0 Å². The number of imidazole rings is 1. The molecule has 0 radical (unpaired) electrons. The van der Waals surface area contributed by atoms with E-state index in [0.29, 0.717) is 36.3 Å². The van der Waals surface area contributed by atoms with Gasteiger partial charge >= 0.3 is 0 Å². The number of hydrogen-bond donors (Lipinski definition) is 1. The molecule has 8 nitrogen and oxygen atoms in total. The number of aliphatic hydroxyl groups is 1. The molecular formula is C30H35FN4O4Si. The number of amidine groups is 1. The van der Waals surface area contributed by atoms with Crippen LogP contribution in [0.15, 0.2) is 59.7 Å². The van der Waals surface area contributed by atoms with E-state index in [4.69, 9.17) is 14.3 Å². The van der Waals surface area contributed by atoms with Crippen LogP contribution in [0.4, 0.5) is 4.39 Å². The summed E-state index contributed by atoms with van der Waals surface area (Å²) in [6, 6.07) is 11.1. The third-order valence-electron chi connectivity index (χ3n) is 8.11. The zero-order valence-electron chi connectivity index (χ0n) is 23.6. The van der Waals surface area contributed by atoms with Crippen LogP contribution in [0.25, 0.3) is 11.8 Å². The molecule has 4 heterocycles. The predicted molar refractivity (Wildman–Crippen MR) is 154 cm³/mol. The number of halogens is 1. The number of rotatable bonds is 6. The highest BCUT2D eigenvalue weighted by molar-refractivity contribution is 6.88. The molecule has 6 rings (SSSR count). The average Bonchev–Trinajstić information content (AvgIpc) is 3.51. The maximum atomic E-state index is 14.9. The quantitative estimate of drug-likeness (QED) is 0.455. The van der Waals surface area contributed by atoms with Gasteiger partial charge in [-0.25, -0.2) is 9.37 Å². The number of aryl methyl sites for hydroxylation is 1. The monoisotopic (exact) mass is 562 g/mol. The van der Waals surface area contributed by atoms with Crippen molar-refractivity contribution < 1.29 is 23.8 Å². The summed E-state index contributed by atoms with van der Waals surface area (Å²) in [7, 11) is -0.335. The van der Waals surface area contributed by atoms with Crippen LogP contribution in [0, 0.1) is 18.2 Å². The SMILES string of the molecule is COc1cc(C=C2CC3(COC3)CN3C2=NOC3(CO)c2ccc(F)c([Si](C)(C)C)c2)ccc1-n1cnc(C)c1. The Bertz CT molecular complexity index is 1520. The van der Waals surface area contributed by atoms with E-state index in [2.05, 4.69) is 35.9 Å². The number of aliphatic hydroxyl groups excluding tert-OH is 1. The molecule has 0 amide bonds. The van der Waals surface area contributed by atoms with Crippen LogP contribution in [0.1, 0.15) is 23.2 Å². The topological polar surface area (TPSA) is 81.3 Å². The fourth-order valence-electron chi connectivity index (χ4n) is 5.91. The minimum Gasteiger partial charge on any atom is -0.495 e. The summed E-state index contributed by atoms with van der Waals surface area (Å²) in [6.45, 7) is 9.78. The lowest BCUT2D eigenvalue weighted by molar-refractivity contribution is -0.178. The van der Waals surface area contributed by atoms with Gasteiger partial charge in [-0.1, -0.05) is 36.9 Å². The number of hydrogen-bond acceptors (Lipinski definition) is 7. The van der Waals surface area contributed by atoms with Crippen molar-refractivity contribution in [2.45, 2.75) is 38.7 Å². The summed E-state index contributed by atoms with van der Waals surface area (Å²) in [5, 5.41) is 16.1. The lowest BCUT2D eigenvalue weighted by Crippen LogP contribution is -2.61. The van der Waals surface area contributed by atoms with Crippen LogP contribution in [-0.2, 0) is 15.3 Å². The zero-order valence-corrected chi connectivity index (χ0v) is 24.6. The summed E-state index contributed by atoms with van der Waals surface area (Å²) in [5.41, 5.74) is 3.11. The van der Waals surface area contributed by atoms with Gasteiger partial charge in [0, 0.05) is 23.7 Å². The van der Waals surface area contributed by atoms with Crippen molar-refractivity contribution in [2.75, 3.05) is 33.5 Å². The molecule has 0 aliphatic carbocycles. The molecule has 0 bridgehead atoms. The van der Waals surface area contributed by atoms with Crippen LogP contribution >= 0.6 is 0 Å². The van der Waals surface area contributed by atoms with Gasteiger partial charge in [0.15, 0.2) is 5.84 Å². The Morgan fingerprint density at radius 3 is 2.60 bits per heavy atom. The molecule has 0 saturated carbocycles. The molecule has 1 atom stereocenters. The molecule has 10 heteroatoms. The third kappa shape index (κ3) is 4.34. The van der Waals surface area contributed by atoms with Gasteiger partial charge < -0.3 is 28.9 Å². The highest BCUT2D eigenvalue weighted by Gasteiger charge is 2.56. The molecule has 3 aliphatic rings. The summed E-state index contributed by atoms with van der Waals surface area (Å²) in [4.78, 5) is 12.5. The second-order valence-electron chi connectivity index (χ2n) is 12.2. The van der Waals surface area contributed by atoms with E-state index in [0.717, 1.165) is 34.7 Å². The lowest BCUT2D eigenvalue weighted by Gasteiger charge is -2.51. The van der Waals surface area contributed by atoms with Crippen LogP contribution in [0.5, 0.6) is 5.75 Å². The molecule has 2 fully saturated rings. The van der Waals surface area contributed by atoms with E-state index < -0.39 is 13.8 Å². The van der Waals surface area contributed by atoms with Crippen LogP contribution < -0.4 is 9.92 Å². The zero-order chi connectivity index (χ0) is 28.3. The second-order valence-corrected chi connectivity index (χ2v) is 17.2. The van der Waals surface area contributed by atoms with Crippen molar-refractivity contribution in [3.8, 4) is 11.4 Å². The molecule has 1 N–H and O–H groups in total. The number of benzene rings is 2. The van der Waals surface area contributed by atoms with Gasteiger partial charge in [0.1, 0.15) is 18.2 Å². The Morgan fingerprint density at radius 2 is 1.98 bits per heavy atom. The van der Waals surface area contributed by atoms with Crippen molar-refractivity contribution >= 4 is 25.2 Å². The van der Waals surface area contributed by atoms with Gasteiger partial charge in [-0.2, -0.15) is 0 Å². The normalized spacial score (nSPS) is 22.6. The van der Waals surface area contributed by atoms with E-state index >= 15 is 0 Å². The highest BCUT2D eigenvalue weighted by atomic mass is 28.3. The summed E-state index contributed by atoms with van der Waals surface area (Å²) < 4.78 is 28.2. The van der Waals surface area contributed by atoms with Crippen LogP contribution in [0.2, 0.25) is 19.6 Å². The Labute approximate surface area is 234 Å². The molecule has 2 saturated heterocycles. The first-order valence-corrected chi connectivity index (χ1v) is 17.0. The van der Waals surface area contributed by atoms with Crippen LogP contribution in [0.3, 0.4) is 0 Å². The smallest absolute Gasteiger partial charge is 0.260 e. The standard InChI is InChI=1S/C30H35FN4O4Si/c1-20-14-34(19-32-20)25-9-6-21(11-26(25)37-2)10-22-13-29(17-38-18-29)15-35-28(22)33-39-30(35,16-36)23-7-8-24(31)27(12-23)40(3,4)5/h6-12,14,19,36H,13,15-18H2,1-5H3. The molecule has 3 aliphatic heterocycles. The lowest BCUT2D eigenvalue weighted by atomic mass is 9.74. The maximum absolute atomic E-state index is 14.9. The first-order valence-electron chi connectivity index (χ1n) is 13.5. The maximum Gasteiger partial charge on any atom is 0.260 e. The summed E-state index contributed by atoms with van der Waals surface area (Å²) in [6.07, 6.45) is 6.59. The first-order chi connectivity index (χ1) is 19.1. The molecule has 2 aromatic carbocycles. The second kappa shape index (κ2) is 9.57. The summed E-state index contributed by atoms with van der Waals surface area (Å²) in [5.74, 6) is 1.18. The van der Waals surface area contributed by atoms with Gasteiger partial charge in [0.05, 0.1) is 46.1 Å². The molecule has 1 spiro atoms. The molecule has 1 aromatic heterocycles. The minimum absolute atomic E-state index is 0.126. The van der Waals surface area contributed by atoms with E-state index in [1.807, 2.05) is 46.9 Å². The Hall–Kier alpha value is -3.47. The Morgan fingerprint density at radius 1 is 1.18 bits per heavy atom. The highest BCUT2D eigenvalue weighted by Crippen LogP contribution is 2.48. The number of oxime groups is 1. The van der Waals surface area contributed by atoms with Gasteiger partial charge in [0.25, 0.3) is 5.72 Å². The van der Waals surface area contributed by atoms with Crippen molar-refractivity contribution in [3.05, 3.63) is 77.1 Å². The minimum atomic E-state index is -1.99. The fourth-order valence-corrected chi connectivity index (χ4v) is 7.29. The van der Waals surface area contributed by atoms with Crippen molar-refractivity contribution in [1.82, 2.24) is 14.5 Å². The number of piperidine rings is 1. The molecular weight excluding hydrogens is 527 g/mol. The van der Waals surface area contributed by atoms with Crippen molar-refractivity contribution in [2.24, 2.45) is 10.6 Å². The van der Waals surface area contributed by atoms with Gasteiger partial charge in [-0.15, -0.1) is 0 Å². The molecule has 40 heavy (non-hydrogen) atoms. The van der Waals surface area contributed by atoms with E-state index in [-0.39, 0.29) is 17.8 Å². The van der Waals surface area contributed by atoms with Gasteiger partial charge in [-0.05, 0) is 60.0 Å². The molecule has 3 aromatic rings. The van der Waals surface area contributed by atoms with Gasteiger partial charge in [0.2, 0.25) is 0 Å². The van der Waals surface area contributed by atoms with E-state index in [9.17, 15) is 9.50 Å². The average molecular weight is 563 g/mol. The number of fused-ring (bicyclic) bond motifs is 1. The van der Waals surface area contributed by atoms with Crippen LogP contribution in [-0.4, -0.2) is 66.9 Å². The fraction of sp³-hybridized carbons (Fsp3) is 0.400. The van der Waals surface area contributed by atoms with Gasteiger partial charge in [-0.3, -0.25) is 0 Å². The van der Waals surface area contributed by atoms with Crippen molar-refractivity contribution in [3.63, 3.8) is 0 Å². The van der Waals surface area contributed by atoms with E-state index in [1.54, 1.807) is 19.5 Å². The number of aromatic nitrogens is 2. The Kier molecular flexibility index (Phi) is 6.40. The van der Waals surface area contributed by atoms with E-state index in [1.165, 1.54) is 6.07 Å². The number of nitrogens with zero attached hydrogens (tertiary/aromatic N) is 4. The molecule has 210 valence electrons. The number of methoxy groups -OCH3 is 1. The summed E-state index contributed by atoms with van der Waals surface area (Å²) >= 11 is 0. The number of ether oxygens (including phenoxy) is 2. The largest absolute Gasteiger partial charge is 0.495 e. The molecule has 1 unspecified atom stereocenters. The third-order valence-corrected chi connectivity index (χ3v) is 10.1.